The Hall–Kier alpha value is -3.49. The van der Waals surface area contributed by atoms with Crippen molar-refractivity contribution in [2.24, 2.45) is 0 Å². The number of hydrogen-bond acceptors (Lipinski definition) is 7. The molecule has 0 bridgehead atoms. The van der Waals surface area contributed by atoms with E-state index in [1.165, 1.54) is 0 Å². The SMILES string of the molecule is CCOC(=O)Cn1nc2c(c1-c1cccc(-c3c4c(nn3CC(=O)OCC)CCCC4)n1)CCCC2. The standard InChI is InChI=1S/C27H33N5O4/c1-3-35-24(33)16-31-26(18-10-5-7-12-20(18)29-31)22-14-9-15-23(28-22)27-19-11-6-8-13-21(19)30-32(27)17-25(34)36-4-2/h9,14-15H,3-8,10-13,16-17H2,1-2H3. The Morgan fingerprint density at radius 3 is 1.64 bits per heavy atom. The molecule has 0 unspecified atom stereocenters. The van der Waals surface area contributed by atoms with Gasteiger partial charge in [-0.1, -0.05) is 6.07 Å². The van der Waals surface area contributed by atoms with Gasteiger partial charge >= 0.3 is 11.9 Å². The summed E-state index contributed by atoms with van der Waals surface area (Å²) in [7, 11) is 0. The number of aromatic nitrogens is 5. The Labute approximate surface area is 210 Å². The third kappa shape index (κ3) is 4.79. The van der Waals surface area contributed by atoms with Crippen molar-refractivity contribution >= 4 is 11.9 Å². The second kappa shape index (κ2) is 10.6. The van der Waals surface area contributed by atoms with Crippen LogP contribution in [0.2, 0.25) is 0 Å². The molecule has 0 spiro atoms. The maximum atomic E-state index is 12.4. The Balaban J connectivity index is 1.59. The van der Waals surface area contributed by atoms with Crippen molar-refractivity contribution in [2.75, 3.05) is 13.2 Å². The number of rotatable bonds is 8. The molecule has 5 rings (SSSR count). The van der Waals surface area contributed by atoms with E-state index in [1.807, 2.05) is 18.2 Å². The number of hydrogen-bond donors (Lipinski definition) is 0. The van der Waals surface area contributed by atoms with Crippen LogP contribution < -0.4 is 0 Å². The summed E-state index contributed by atoms with van der Waals surface area (Å²) in [6.07, 6.45) is 7.99. The summed E-state index contributed by atoms with van der Waals surface area (Å²) >= 11 is 0. The molecule has 9 nitrogen and oxygen atoms in total. The number of ether oxygens (including phenoxy) is 2. The monoisotopic (exact) mass is 491 g/mol. The van der Waals surface area contributed by atoms with Gasteiger partial charge in [-0.05, 0) is 77.3 Å². The van der Waals surface area contributed by atoms with Gasteiger partial charge in [-0.2, -0.15) is 10.2 Å². The second-order valence-corrected chi connectivity index (χ2v) is 9.30. The highest BCUT2D eigenvalue weighted by Gasteiger charge is 2.27. The van der Waals surface area contributed by atoms with Gasteiger partial charge < -0.3 is 9.47 Å². The van der Waals surface area contributed by atoms with Crippen LogP contribution in [0.25, 0.3) is 22.8 Å². The maximum Gasteiger partial charge on any atom is 0.327 e. The van der Waals surface area contributed by atoms with E-state index < -0.39 is 0 Å². The highest BCUT2D eigenvalue weighted by Crippen LogP contribution is 2.35. The first kappa shape index (κ1) is 24.2. The van der Waals surface area contributed by atoms with Gasteiger partial charge in [-0.25, -0.2) is 4.98 Å². The molecule has 3 aromatic heterocycles. The summed E-state index contributed by atoms with van der Waals surface area (Å²) in [6, 6.07) is 5.91. The molecule has 0 atom stereocenters. The normalized spacial score (nSPS) is 14.7. The van der Waals surface area contributed by atoms with Crippen LogP contribution in [-0.2, 0) is 57.8 Å². The maximum absolute atomic E-state index is 12.4. The molecule has 0 radical (unpaired) electrons. The van der Waals surface area contributed by atoms with Crippen molar-refractivity contribution in [1.82, 2.24) is 24.5 Å². The lowest BCUT2D eigenvalue weighted by Gasteiger charge is -2.14. The first-order valence-corrected chi connectivity index (χ1v) is 13.0. The van der Waals surface area contributed by atoms with Crippen molar-refractivity contribution < 1.29 is 19.1 Å². The van der Waals surface area contributed by atoms with E-state index >= 15 is 0 Å². The molecule has 190 valence electrons. The zero-order chi connectivity index (χ0) is 25.1. The van der Waals surface area contributed by atoms with Crippen LogP contribution in [0.15, 0.2) is 18.2 Å². The van der Waals surface area contributed by atoms with Crippen LogP contribution >= 0.6 is 0 Å². The number of fused-ring (bicyclic) bond motifs is 2. The molecule has 9 heteroatoms. The lowest BCUT2D eigenvalue weighted by Crippen LogP contribution is -2.16. The fourth-order valence-electron chi connectivity index (χ4n) is 5.37. The molecule has 0 N–H and O–H groups in total. The molecule has 2 aliphatic rings. The third-order valence-electron chi connectivity index (χ3n) is 6.85. The molecule has 3 heterocycles. The van der Waals surface area contributed by atoms with E-state index in [2.05, 4.69) is 0 Å². The van der Waals surface area contributed by atoms with Gasteiger partial charge in [0, 0.05) is 11.1 Å². The van der Waals surface area contributed by atoms with E-state index in [-0.39, 0.29) is 25.0 Å². The number of aryl methyl sites for hydroxylation is 2. The van der Waals surface area contributed by atoms with E-state index in [1.54, 1.807) is 23.2 Å². The highest BCUT2D eigenvalue weighted by atomic mass is 16.5. The predicted molar refractivity (Wildman–Crippen MR) is 133 cm³/mol. The summed E-state index contributed by atoms with van der Waals surface area (Å²) < 4.78 is 13.9. The van der Waals surface area contributed by atoms with Crippen molar-refractivity contribution in [2.45, 2.75) is 78.3 Å². The van der Waals surface area contributed by atoms with Gasteiger partial charge in [0.05, 0.1) is 47.4 Å². The zero-order valence-corrected chi connectivity index (χ0v) is 21.1. The average molecular weight is 492 g/mol. The first-order valence-electron chi connectivity index (χ1n) is 13.0. The molecule has 0 aliphatic heterocycles. The molecule has 0 saturated heterocycles. The Morgan fingerprint density at radius 2 is 1.19 bits per heavy atom. The van der Waals surface area contributed by atoms with Gasteiger partial charge in [-0.3, -0.25) is 19.0 Å². The summed E-state index contributed by atoms with van der Waals surface area (Å²) in [4.78, 5) is 29.8. The van der Waals surface area contributed by atoms with Gasteiger partial charge in [0.25, 0.3) is 0 Å². The van der Waals surface area contributed by atoms with Gasteiger partial charge in [0.2, 0.25) is 0 Å². The van der Waals surface area contributed by atoms with Crippen molar-refractivity contribution in [3.8, 4) is 22.8 Å². The molecule has 0 amide bonds. The molecule has 2 aliphatic carbocycles. The molecular weight excluding hydrogens is 458 g/mol. The number of nitrogens with zero attached hydrogens (tertiary/aromatic N) is 5. The zero-order valence-electron chi connectivity index (χ0n) is 21.1. The van der Waals surface area contributed by atoms with Crippen LogP contribution in [0.1, 0.15) is 62.0 Å². The highest BCUT2D eigenvalue weighted by molar-refractivity contribution is 5.74. The van der Waals surface area contributed by atoms with Crippen molar-refractivity contribution in [1.29, 1.82) is 0 Å². The minimum absolute atomic E-state index is 0.0538. The number of carbonyl (C=O) groups is 2. The number of carbonyl (C=O) groups excluding carboxylic acids is 2. The number of esters is 2. The Kier molecular flexibility index (Phi) is 7.16. The van der Waals surface area contributed by atoms with Crippen LogP contribution in [-0.4, -0.2) is 49.7 Å². The average Bonchev–Trinajstić information content (AvgIpc) is 3.41. The number of pyridine rings is 1. The molecule has 3 aromatic rings. The van der Waals surface area contributed by atoms with Crippen molar-refractivity contribution in [3.63, 3.8) is 0 Å². The molecule has 0 fully saturated rings. The molecule has 36 heavy (non-hydrogen) atoms. The molecule has 0 aromatic carbocycles. The van der Waals surface area contributed by atoms with Gasteiger partial charge in [0.15, 0.2) is 0 Å². The van der Waals surface area contributed by atoms with Gasteiger partial charge in [-0.15, -0.1) is 0 Å². The first-order chi connectivity index (χ1) is 17.6. The second-order valence-electron chi connectivity index (χ2n) is 9.30. The fourth-order valence-corrected chi connectivity index (χ4v) is 5.37. The lowest BCUT2D eigenvalue weighted by atomic mass is 9.94. The Bertz CT molecular complexity index is 1180. The van der Waals surface area contributed by atoms with E-state index in [4.69, 9.17) is 24.7 Å². The van der Waals surface area contributed by atoms with Crippen LogP contribution in [0.5, 0.6) is 0 Å². The van der Waals surface area contributed by atoms with Crippen molar-refractivity contribution in [3.05, 3.63) is 40.7 Å². The quantitative estimate of drug-likeness (QED) is 0.443. The lowest BCUT2D eigenvalue weighted by molar-refractivity contribution is -0.144. The smallest absolute Gasteiger partial charge is 0.327 e. The molecule has 0 saturated carbocycles. The third-order valence-corrected chi connectivity index (χ3v) is 6.85. The van der Waals surface area contributed by atoms with Crippen LogP contribution in [0, 0.1) is 0 Å². The van der Waals surface area contributed by atoms with E-state index in [0.717, 1.165) is 96.7 Å². The minimum atomic E-state index is -0.309. The minimum Gasteiger partial charge on any atom is -0.465 e. The summed E-state index contributed by atoms with van der Waals surface area (Å²) in [5, 5.41) is 9.57. The van der Waals surface area contributed by atoms with E-state index in [0.29, 0.717) is 13.2 Å². The van der Waals surface area contributed by atoms with E-state index in [9.17, 15) is 9.59 Å². The van der Waals surface area contributed by atoms with Gasteiger partial charge in [0.1, 0.15) is 13.1 Å². The summed E-state index contributed by atoms with van der Waals surface area (Å²) in [5.41, 5.74) is 7.70. The van der Waals surface area contributed by atoms with Crippen LogP contribution in [0.4, 0.5) is 0 Å². The van der Waals surface area contributed by atoms with Crippen LogP contribution in [0.3, 0.4) is 0 Å². The fraction of sp³-hybridized carbons (Fsp3) is 0.519. The Morgan fingerprint density at radius 1 is 0.750 bits per heavy atom. The summed E-state index contributed by atoms with van der Waals surface area (Å²) in [6.45, 7) is 4.38. The summed E-state index contributed by atoms with van der Waals surface area (Å²) in [5.74, 6) is -0.618. The topological polar surface area (TPSA) is 101 Å². The predicted octanol–water partition coefficient (Wildman–Crippen LogP) is 3.69. The molecular formula is C27H33N5O4. The largest absolute Gasteiger partial charge is 0.465 e.